The molecule has 0 fully saturated rings. The summed E-state index contributed by atoms with van der Waals surface area (Å²) in [6.07, 6.45) is 6.66. The molecular weight excluding hydrogens is 322 g/mol. The predicted octanol–water partition coefficient (Wildman–Crippen LogP) is 4.29. The number of benzene rings is 2. The van der Waals surface area contributed by atoms with Crippen LogP contribution in [-0.2, 0) is 18.2 Å². The van der Waals surface area contributed by atoms with Crippen LogP contribution in [-0.4, -0.2) is 28.5 Å². The average molecular weight is 342 g/mol. The molecule has 0 aliphatic carbocycles. The van der Waals surface area contributed by atoms with Gasteiger partial charge in [0.05, 0.1) is 18.5 Å². The third-order valence-electron chi connectivity index (χ3n) is 4.59. The van der Waals surface area contributed by atoms with Crippen LogP contribution in [0.15, 0.2) is 61.1 Å². The van der Waals surface area contributed by atoms with Gasteiger partial charge in [0.25, 0.3) is 0 Å². The number of rotatable bonds is 5. The van der Waals surface area contributed by atoms with Crippen molar-refractivity contribution in [2.75, 3.05) is 13.7 Å². The van der Waals surface area contributed by atoms with Gasteiger partial charge >= 0.3 is 0 Å². The number of ether oxygens (including phenoxy) is 1. The largest absolute Gasteiger partial charge is 0.384 e. The number of aryl methyl sites for hydroxylation is 1. The molecule has 129 valence electrons. The molecule has 0 aliphatic heterocycles. The van der Waals surface area contributed by atoms with E-state index in [1.807, 2.05) is 42.5 Å². The summed E-state index contributed by atoms with van der Waals surface area (Å²) in [7, 11) is 3.64. The molecule has 2 aromatic heterocycles. The summed E-state index contributed by atoms with van der Waals surface area (Å²) in [5, 5.41) is 6.57. The predicted molar refractivity (Wildman–Crippen MR) is 104 cm³/mol. The molecule has 0 saturated carbocycles. The second-order valence-electron chi connectivity index (χ2n) is 6.31. The van der Waals surface area contributed by atoms with Crippen molar-refractivity contribution in [3.63, 3.8) is 0 Å². The molecule has 0 N–H and O–H groups in total. The van der Waals surface area contributed by atoms with Crippen LogP contribution in [0, 0.1) is 6.07 Å². The highest BCUT2D eigenvalue weighted by atomic mass is 16.5. The van der Waals surface area contributed by atoms with Gasteiger partial charge in [-0.3, -0.25) is 9.67 Å². The van der Waals surface area contributed by atoms with E-state index in [1.165, 1.54) is 5.39 Å². The monoisotopic (exact) mass is 342 g/mol. The minimum absolute atomic E-state index is 0.667. The molecule has 1 radical (unpaired) electrons. The van der Waals surface area contributed by atoms with Gasteiger partial charge in [0.1, 0.15) is 0 Å². The van der Waals surface area contributed by atoms with Crippen LogP contribution >= 0.6 is 0 Å². The maximum absolute atomic E-state index is 5.21. The minimum Gasteiger partial charge on any atom is -0.384 e. The molecule has 2 heterocycles. The van der Waals surface area contributed by atoms with Gasteiger partial charge in [-0.15, -0.1) is 0 Å². The first-order chi connectivity index (χ1) is 12.8. The Morgan fingerprint density at radius 3 is 2.54 bits per heavy atom. The summed E-state index contributed by atoms with van der Waals surface area (Å²) < 4.78 is 7.03. The van der Waals surface area contributed by atoms with Crippen LogP contribution in [0.3, 0.4) is 0 Å². The molecule has 0 atom stereocenters. The molecule has 4 heteroatoms. The molecule has 4 rings (SSSR count). The first kappa shape index (κ1) is 16.5. The lowest BCUT2D eigenvalue weighted by Crippen LogP contribution is -1.99. The van der Waals surface area contributed by atoms with Crippen molar-refractivity contribution >= 4 is 10.8 Å². The summed E-state index contributed by atoms with van der Waals surface area (Å²) in [4.78, 5) is 4.70. The summed E-state index contributed by atoms with van der Waals surface area (Å²) >= 11 is 0. The van der Waals surface area contributed by atoms with Crippen LogP contribution in [0.1, 0.15) is 5.69 Å². The van der Waals surface area contributed by atoms with Crippen molar-refractivity contribution in [3.8, 4) is 22.3 Å². The Balaban J connectivity index is 1.75. The van der Waals surface area contributed by atoms with Crippen LogP contribution in [0.25, 0.3) is 33.0 Å². The van der Waals surface area contributed by atoms with E-state index in [1.54, 1.807) is 7.11 Å². The first-order valence-corrected chi connectivity index (χ1v) is 8.62. The number of hydrogen-bond acceptors (Lipinski definition) is 3. The van der Waals surface area contributed by atoms with Gasteiger partial charge in [-0.1, -0.05) is 36.4 Å². The third kappa shape index (κ3) is 3.11. The lowest BCUT2D eigenvalue weighted by molar-refractivity contribution is 0.202. The maximum atomic E-state index is 5.21. The lowest BCUT2D eigenvalue weighted by Gasteiger charge is -2.11. The van der Waals surface area contributed by atoms with Gasteiger partial charge in [0.15, 0.2) is 0 Å². The molecule has 4 nitrogen and oxygen atoms in total. The van der Waals surface area contributed by atoms with Crippen molar-refractivity contribution in [3.05, 3.63) is 72.8 Å². The summed E-state index contributed by atoms with van der Waals surface area (Å²) in [6, 6.07) is 17.8. The molecule has 0 aliphatic rings. The van der Waals surface area contributed by atoms with Crippen LogP contribution in [0.4, 0.5) is 0 Å². The second kappa shape index (κ2) is 7.10. The molecular formula is C22H20N3O. The summed E-state index contributed by atoms with van der Waals surface area (Å²) in [5.74, 6) is 0. The van der Waals surface area contributed by atoms with Crippen molar-refractivity contribution in [1.82, 2.24) is 14.8 Å². The fourth-order valence-corrected chi connectivity index (χ4v) is 3.23. The number of pyridine rings is 1. The van der Waals surface area contributed by atoms with Gasteiger partial charge in [0, 0.05) is 49.5 Å². The standard InChI is InChI=1S/C22H20N3O/c1-25-15-18(13-24-25)16-7-9-17(10-8-16)21-14-23-22(11-12-26-2)20-6-4-3-5-19(20)21/h4-10,13-15H,11-12H2,1-2H3. The highest BCUT2D eigenvalue weighted by Gasteiger charge is 2.09. The topological polar surface area (TPSA) is 39.9 Å². The van der Waals surface area contributed by atoms with Crippen LogP contribution in [0.2, 0.25) is 0 Å². The van der Waals surface area contributed by atoms with E-state index >= 15 is 0 Å². The zero-order chi connectivity index (χ0) is 17.9. The third-order valence-corrected chi connectivity index (χ3v) is 4.59. The molecule has 0 spiro atoms. The highest BCUT2D eigenvalue weighted by Crippen LogP contribution is 2.31. The van der Waals surface area contributed by atoms with Gasteiger partial charge < -0.3 is 4.74 Å². The van der Waals surface area contributed by atoms with Crippen molar-refractivity contribution in [1.29, 1.82) is 0 Å². The van der Waals surface area contributed by atoms with E-state index in [0.717, 1.165) is 39.8 Å². The van der Waals surface area contributed by atoms with Gasteiger partial charge in [-0.25, -0.2) is 0 Å². The fraction of sp³-hybridized carbons (Fsp3) is 0.182. The molecule has 4 aromatic rings. The van der Waals surface area contributed by atoms with E-state index < -0.39 is 0 Å². The number of aromatic nitrogens is 3. The van der Waals surface area contributed by atoms with Crippen LogP contribution < -0.4 is 0 Å². The SMILES string of the molecule is COCCc1ncc(-c2ccc(-c3cnn(C)c3)cc2)c2c[c]ccc12. The van der Waals surface area contributed by atoms with E-state index in [0.29, 0.717) is 6.61 Å². The average Bonchev–Trinajstić information content (AvgIpc) is 3.12. The molecule has 0 unspecified atom stereocenters. The van der Waals surface area contributed by atoms with Gasteiger partial charge in [-0.05, 0) is 28.6 Å². The lowest BCUT2D eigenvalue weighted by atomic mass is 9.97. The summed E-state index contributed by atoms with van der Waals surface area (Å²) in [5.41, 5.74) is 5.60. The molecule has 0 saturated heterocycles. The number of hydrogen-bond donors (Lipinski definition) is 0. The molecule has 2 aromatic carbocycles. The first-order valence-electron chi connectivity index (χ1n) is 8.62. The Labute approximate surface area is 153 Å². The Morgan fingerprint density at radius 1 is 1.00 bits per heavy atom. The Morgan fingerprint density at radius 2 is 1.81 bits per heavy atom. The Kier molecular flexibility index (Phi) is 4.50. The number of methoxy groups -OCH3 is 1. The van der Waals surface area contributed by atoms with Gasteiger partial charge in [-0.2, -0.15) is 5.10 Å². The van der Waals surface area contributed by atoms with Crippen molar-refractivity contribution in [2.45, 2.75) is 6.42 Å². The molecule has 0 bridgehead atoms. The quantitative estimate of drug-likeness (QED) is 0.543. The highest BCUT2D eigenvalue weighted by molar-refractivity contribution is 5.97. The van der Waals surface area contributed by atoms with Crippen LogP contribution in [0.5, 0.6) is 0 Å². The fourth-order valence-electron chi connectivity index (χ4n) is 3.23. The second-order valence-corrected chi connectivity index (χ2v) is 6.31. The molecule has 0 amide bonds. The Hall–Kier alpha value is -2.98. The smallest absolute Gasteiger partial charge is 0.0568 e. The van der Waals surface area contributed by atoms with Crippen molar-refractivity contribution < 1.29 is 4.74 Å². The zero-order valence-corrected chi connectivity index (χ0v) is 14.9. The van der Waals surface area contributed by atoms with E-state index in [-0.39, 0.29) is 0 Å². The maximum Gasteiger partial charge on any atom is 0.0568 e. The zero-order valence-electron chi connectivity index (χ0n) is 14.9. The minimum atomic E-state index is 0.667. The molecule has 26 heavy (non-hydrogen) atoms. The Bertz CT molecular complexity index is 1030. The van der Waals surface area contributed by atoms with Gasteiger partial charge in [0.2, 0.25) is 0 Å². The number of nitrogens with zero attached hydrogens (tertiary/aromatic N) is 3. The van der Waals surface area contributed by atoms with Crippen molar-refractivity contribution in [2.24, 2.45) is 7.05 Å². The van der Waals surface area contributed by atoms with E-state index in [2.05, 4.69) is 41.5 Å². The van der Waals surface area contributed by atoms with E-state index in [4.69, 9.17) is 9.72 Å². The normalized spacial score (nSPS) is 11.2. The number of fused-ring (bicyclic) bond motifs is 1. The van der Waals surface area contributed by atoms with E-state index in [9.17, 15) is 0 Å². The summed E-state index contributed by atoms with van der Waals surface area (Å²) in [6.45, 7) is 0.667.